The van der Waals surface area contributed by atoms with Gasteiger partial charge in [0.05, 0.1) is 34.0 Å². The molecule has 6 heterocycles. The van der Waals surface area contributed by atoms with Crippen LogP contribution in [-0.2, 0) is 28.6 Å². The maximum absolute atomic E-state index is 6.72. The molecule has 0 atom stereocenters. The Morgan fingerprint density at radius 2 is 0.843 bits per heavy atom. The average Bonchev–Trinajstić information content (AvgIpc) is 3.94. The second-order valence-electron chi connectivity index (χ2n) is 15.9. The van der Waals surface area contributed by atoms with Crippen molar-refractivity contribution in [3.05, 3.63) is 63.7 Å². The summed E-state index contributed by atoms with van der Waals surface area (Å²) in [5, 5.41) is 0. The molecule has 51 heavy (non-hydrogen) atoms. The lowest BCUT2D eigenvalue weighted by molar-refractivity contribution is 0.00578. The van der Waals surface area contributed by atoms with Crippen LogP contribution in [0.3, 0.4) is 0 Å². The Hall–Kier alpha value is -3.42. The van der Waals surface area contributed by atoms with Crippen LogP contribution < -0.4 is 5.46 Å². The van der Waals surface area contributed by atoms with Gasteiger partial charge in [-0.2, -0.15) is 0 Å². The van der Waals surface area contributed by atoms with Crippen LogP contribution in [0.25, 0.3) is 46.4 Å². The van der Waals surface area contributed by atoms with E-state index in [1.54, 1.807) is 0 Å². The first-order chi connectivity index (χ1) is 24.7. The molecule has 6 nitrogen and oxygen atoms in total. The van der Waals surface area contributed by atoms with Gasteiger partial charge >= 0.3 is 7.12 Å². The molecule has 7 heteroatoms. The molecule has 1 saturated heterocycles. The third-order valence-corrected chi connectivity index (χ3v) is 11.5. The fourth-order valence-electron chi connectivity index (χ4n) is 7.59. The van der Waals surface area contributed by atoms with E-state index in [-0.39, 0.29) is 0 Å². The van der Waals surface area contributed by atoms with Gasteiger partial charge in [-0.1, -0.05) is 78.6 Å². The molecule has 6 rings (SSSR count). The number of fused-ring (bicyclic) bond motifs is 8. The Kier molecular flexibility index (Phi) is 12.1. The topological polar surface area (TPSA) is 75.8 Å². The number of nitrogens with one attached hydrogen (secondary N) is 2. The molecule has 0 spiro atoms. The molecule has 0 saturated carbocycles. The summed E-state index contributed by atoms with van der Waals surface area (Å²) in [5.41, 5.74) is 12.3. The Morgan fingerprint density at radius 3 is 1.24 bits per heavy atom. The number of nitrogens with zero attached hydrogens (tertiary/aromatic N) is 2. The van der Waals surface area contributed by atoms with Gasteiger partial charge in [0.1, 0.15) is 0 Å². The van der Waals surface area contributed by atoms with Crippen molar-refractivity contribution >= 4 is 59.0 Å². The molecule has 3 aromatic rings. The number of hydrogen-bond acceptors (Lipinski definition) is 4. The quantitative estimate of drug-likeness (QED) is 0.0799. The second kappa shape index (κ2) is 16.5. The van der Waals surface area contributed by atoms with Crippen molar-refractivity contribution in [3.63, 3.8) is 0 Å². The molecule has 3 aliphatic heterocycles. The van der Waals surface area contributed by atoms with E-state index < -0.39 is 18.3 Å². The number of rotatable bonds is 16. The fraction of sp³-hybridized carbons (Fsp3) is 0.545. The van der Waals surface area contributed by atoms with Gasteiger partial charge in [-0.3, -0.25) is 0 Å². The van der Waals surface area contributed by atoms with Crippen molar-refractivity contribution in [2.45, 2.75) is 156 Å². The third kappa shape index (κ3) is 8.31. The Balaban J connectivity index is 1.63. The second-order valence-corrected chi connectivity index (χ2v) is 15.9. The molecule has 0 aromatic carbocycles. The minimum Gasteiger partial charge on any atom is -0.399 e. The first-order valence-electron chi connectivity index (χ1n) is 20.1. The Morgan fingerprint density at radius 1 is 0.490 bits per heavy atom. The van der Waals surface area contributed by atoms with E-state index >= 15 is 0 Å². The summed E-state index contributed by atoms with van der Waals surface area (Å²) in [5.74, 6) is 0. The zero-order valence-electron chi connectivity index (χ0n) is 32.5. The summed E-state index contributed by atoms with van der Waals surface area (Å²) in [7, 11) is -0.584. The van der Waals surface area contributed by atoms with E-state index in [2.05, 4.69) is 107 Å². The Labute approximate surface area is 307 Å². The molecule has 0 radical (unpaired) electrons. The average molecular weight is 689 g/mol. The summed E-state index contributed by atoms with van der Waals surface area (Å²) >= 11 is 0. The van der Waals surface area contributed by atoms with Gasteiger partial charge in [0, 0.05) is 38.7 Å². The normalized spacial score (nSPS) is 16.1. The van der Waals surface area contributed by atoms with E-state index in [4.69, 9.17) is 19.3 Å². The van der Waals surface area contributed by atoms with Crippen LogP contribution in [-0.4, -0.2) is 38.3 Å². The van der Waals surface area contributed by atoms with Crippen LogP contribution in [0, 0.1) is 0 Å². The lowest BCUT2D eigenvalue weighted by atomic mass is 9.76. The van der Waals surface area contributed by atoms with Crippen molar-refractivity contribution < 1.29 is 9.31 Å². The van der Waals surface area contributed by atoms with Gasteiger partial charge in [-0.15, -0.1) is 0 Å². The van der Waals surface area contributed by atoms with Crippen molar-refractivity contribution in [2.24, 2.45) is 0 Å². The van der Waals surface area contributed by atoms with Gasteiger partial charge in [0.15, 0.2) is 0 Å². The highest BCUT2D eigenvalue weighted by Gasteiger charge is 2.53. The maximum Gasteiger partial charge on any atom is 0.499 e. The number of H-pyrrole nitrogens is 2. The van der Waals surface area contributed by atoms with Gasteiger partial charge in [-0.05, 0) is 120 Å². The first kappa shape index (κ1) is 37.3. The summed E-state index contributed by atoms with van der Waals surface area (Å²) in [4.78, 5) is 18.6. The third-order valence-electron chi connectivity index (χ3n) is 11.5. The zero-order chi connectivity index (χ0) is 36.0. The smallest absolute Gasteiger partial charge is 0.399 e. The van der Waals surface area contributed by atoms with E-state index in [9.17, 15) is 0 Å². The van der Waals surface area contributed by atoms with Gasteiger partial charge in [-0.25, -0.2) is 9.97 Å². The number of hydrogen-bond donors (Lipinski definition) is 2. The molecule has 0 amide bonds. The standard InChI is InChI=1S/C44H61BN4O2/c1-8-11-14-17-20-31-34-23-25-36(46-34)32(21-18-15-12-9-2)38-27-29-40(48-38)42(45-50-43(4,5)44(6,7)51-45)41-30-28-39(49-41)33(22-19-16-13-10-3)37-26-24-35(31)47-37/h23-30,46-47H,8-22H2,1-7H3. The van der Waals surface area contributed by atoms with Crippen molar-refractivity contribution in [1.82, 2.24) is 19.9 Å². The van der Waals surface area contributed by atoms with Gasteiger partial charge < -0.3 is 19.3 Å². The highest BCUT2D eigenvalue weighted by molar-refractivity contribution is 6.63. The first-order valence-corrected chi connectivity index (χ1v) is 20.1. The predicted molar refractivity (Wildman–Crippen MR) is 218 cm³/mol. The van der Waals surface area contributed by atoms with E-state index in [0.29, 0.717) is 0 Å². The molecule has 8 bridgehead atoms. The lowest BCUT2D eigenvalue weighted by Gasteiger charge is -2.32. The molecule has 272 valence electrons. The van der Waals surface area contributed by atoms with Crippen LogP contribution in [0.4, 0.5) is 0 Å². The van der Waals surface area contributed by atoms with E-state index in [1.165, 1.54) is 91.9 Å². The van der Waals surface area contributed by atoms with Crippen molar-refractivity contribution in [3.8, 4) is 0 Å². The van der Waals surface area contributed by atoms with Gasteiger partial charge in [0.25, 0.3) is 0 Å². The molecule has 2 N–H and O–H groups in total. The number of aromatic amines is 2. The summed E-state index contributed by atoms with van der Waals surface area (Å²) in [6, 6.07) is 9.14. The number of unbranched alkanes of at least 4 members (excludes halogenated alkanes) is 9. The molecule has 0 aliphatic carbocycles. The molecule has 0 unspecified atom stereocenters. The summed E-state index contributed by atoms with van der Waals surface area (Å²) in [6.07, 6.45) is 26.2. The SMILES string of the molecule is CCCCCCc1c2nc(c(B3OC(C)(C)C(C)(C)O3)c3nc(c(CCCCCC)c4ccc([nH]4)c(CCCCCC)c4ccc1[nH]4)C=C3)C=C2. The van der Waals surface area contributed by atoms with Gasteiger partial charge in [0.2, 0.25) is 0 Å². The number of aromatic nitrogens is 4. The predicted octanol–water partition coefficient (Wildman–Crippen LogP) is 11.3. The van der Waals surface area contributed by atoms with E-state index in [0.717, 1.165) is 71.4 Å². The van der Waals surface area contributed by atoms with Crippen LogP contribution in [0.15, 0.2) is 24.3 Å². The van der Waals surface area contributed by atoms with Crippen LogP contribution >= 0.6 is 0 Å². The maximum atomic E-state index is 6.72. The lowest BCUT2D eigenvalue weighted by Crippen LogP contribution is -2.41. The highest BCUT2D eigenvalue weighted by atomic mass is 16.7. The molecule has 3 aromatic heterocycles. The minimum atomic E-state index is -0.584. The van der Waals surface area contributed by atoms with Crippen LogP contribution in [0.5, 0.6) is 0 Å². The molecule has 1 fully saturated rings. The van der Waals surface area contributed by atoms with Crippen LogP contribution in [0.1, 0.15) is 165 Å². The molecule has 3 aliphatic rings. The monoisotopic (exact) mass is 688 g/mol. The minimum absolute atomic E-state index is 0.482. The zero-order valence-corrected chi connectivity index (χ0v) is 32.5. The van der Waals surface area contributed by atoms with Crippen molar-refractivity contribution in [2.75, 3.05) is 0 Å². The highest BCUT2D eigenvalue weighted by Crippen LogP contribution is 2.37. The molecular formula is C44H61BN4O2. The number of aryl methyl sites for hydroxylation is 3. The Bertz CT molecular complexity index is 1770. The summed E-state index contributed by atoms with van der Waals surface area (Å²) in [6.45, 7) is 15.3. The largest absolute Gasteiger partial charge is 0.499 e. The summed E-state index contributed by atoms with van der Waals surface area (Å²) < 4.78 is 13.4. The van der Waals surface area contributed by atoms with Crippen molar-refractivity contribution in [1.29, 1.82) is 0 Å². The van der Waals surface area contributed by atoms with E-state index in [1.807, 2.05) is 0 Å². The molecular weight excluding hydrogens is 627 g/mol. The van der Waals surface area contributed by atoms with Crippen LogP contribution in [0.2, 0.25) is 0 Å². The fourth-order valence-corrected chi connectivity index (χ4v) is 7.59.